The average molecular weight is 418 g/mol. The van der Waals surface area contributed by atoms with E-state index in [2.05, 4.69) is 9.47 Å². The van der Waals surface area contributed by atoms with E-state index < -0.39 is 11.2 Å². The molecule has 7 nitrogen and oxygen atoms in total. The predicted molar refractivity (Wildman–Crippen MR) is 106 cm³/mol. The molecule has 0 saturated carbocycles. The Bertz CT molecular complexity index is 888. The van der Waals surface area contributed by atoms with Gasteiger partial charge in [-0.05, 0) is 66.6 Å². The largest absolute Gasteiger partial charge is 0.465 e. The lowest BCUT2D eigenvalue weighted by molar-refractivity contribution is 0.0591. The van der Waals surface area contributed by atoms with Crippen LogP contribution in [-0.2, 0) is 9.47 Å². The van der Waals surface area contributed by atoms with Crippen molar-refractivity contribution in [1.82, 2.24) is 4.90 Å². The molecule has 1 amide bonds. The summed E-state index contributed by atoms with van der Waals surface area (Å²) in [4.78, 5) is 46.4. The number of ether oxygens (including phenoxy) is 2. The highest BCUT2D eigenvalue weighted by atomic mass is 35.5. The summed E-state index contributed by atoms with van der Waals surface area (Å²) in [6, 6.07) is 12.5. The molecule has 1 heterocycles. The molecule has 0 aromatic heterocycles. The van der Waals surface area contributed by atoms with Crippen LogP contribution in [-0.4, -0.2) is 55.3 Å². The first kappa shape index (κ1) is 22.1. The van der Waals surface area contributed by atoms with Gasteiger partial charge in [0.1, 0.15) is 0 Å². The van der Waals surface area contributed by atoms with Gasteiger partial charge >= 0.3 is 11.9 Å². The summed E-state index contributed by atoms with van der Waals surface area (Å²) in [5.74, 6) is -0.792. The quantitative estimate of drug-likeness (QED) is 0.560. The first-order valence-electron chi connectivity index (χ1n) is 8.73. The van der Waals surface area contributed by atoms with Gasteiger partial charge in [-0.3, -0.25) is 9.59 Å². The molecule has 2 aromatic rings. The summed E-state index contributed by atoms with van der Waals surface area (Å²) in [6.45, 7) is 1.66. The maximum absolute atomic E-state index is 11.8. The zero-order valence-corrected chi connectivity index (χ0v) is 16.8. The molecule has 0 radical (unpaired) electrons. The van der Waals surface area contributed by atoms with Gasteiger partial charge in [0.25, 0.3) is 11.1 Å². The minimum Gasteiger partial charge on any atom is -0.465 e. The van der Waals surface area contributed by atoms with Crippen LogP contribution in [0.1, 0.15) is 47.9 Å². The lowest BCUT2D eigenvalue weighted by atomic mass is 10.1. The molecule has 0 aliphatic carbocycles. The number of halogens is 1. The molecule has 3 rings (SSSR count). The zero-order chi connectivity index (χ0) is 21.4. The summed E-state index contributed by atoms with van der Waals surface area (Å²) in [7, 11) is 2.63. The highest BCUT2D eigenvalue weighted by molar-refractivity contribution is 6.67. The minimum absolute atomic E-state index is 0.0302. The fourth-order valence-electron chi connectivity index (χ4n) is 2.42. The van der Waals surface area contributed by atoms with Crippen molar-refractivity contribution in [2.75, 3.05) is 27.3 Å². The third-order valence-corrected chi connectivity index (χ3v) is 4.45. The van der Waals surface area contributed by atoms with Gasteiger partial charge in [0.2, 0.25) is 0 Å². The molecule has 8 heteroatoms. The summed E-state index contributed by atoms with van der Waals surface area (Å²) in [5.41, 5.74) is 1.83. The van der Waals surface area contributed by atoms with Crippen molar-refractivity contribution < 1.29 is 28.7 Å². The van der Waals surface area contributed by atoms with Gasteiger partial charge in [-0.1, -0.05) is 0 Å². The van der Waals surface area contributed by atoms with Crippen molar-refractivity contribution in [2.45, 2.75) is 6.42 Å². The molecule has 0 unspecified atom stereocenters. The maximum atomic E-state index is 11.8. The number of amides is 1. The molecule has 29 heavy (non-hydrogen) atoms. The van der Waals surface area contributed by atoms with Crippen LogP contribution in [0, 0.1) is 0 Å². The van der Waals surface area contributed by atoms with Crippen molar-refractivity contribution in [1.29, 1.82) is 0 Å². The molecule has 0 N–H and O–H groups in total. The van der Waals surface area contributed by atoms with E-state index in [1.54, 1.807) is 29.2 Å². The topological polar surface area (TPSA) is 90.0 Å². The number of rotatable bonds is 4. The Morgan fingerprint density at radius 1 is 0.724 bits per heavy atom. The normalized spacial score (nSPS) is 12.0. The third kappa shape index (κ3) is 5.89. The zero-order valence-electron chi connectivity index (χ0n) is 16.0. The van der Waals surface area contributed by atoms with Crippen LogP contribution < -0.4 is 0 Å². The second-order valence-corrected chi connectivity index (χ2v) is 6.40. The monoisotopic (exact) mass is 417 g/mol. The van der Waals surface area contributed by atoms with Gasteiger partial charge in [0.05, 0.1) is 25.3 Å². The second kappa shape index (κ2) is 10.4. The first-order valence-corrected chi connectivity index (χ1v) is 9.11. The van der Waals surface area contributed by atoms with E-state index in [9.17, 15) is 19.2 Å². The highest BCUT2D eigenvalue weighted by Crippen LogP contribution is 2.13. The molecule has 2 aromatic carbocycles. The van der Waals surface area contributed by atoms with E-state index in [-0.39, 0.29) is 11.9 Å². The summed E-state index contributed by atoms with van der Waals surface area (Å²) < 4.78 is 9.06. The Labute approximate surface area is 173 Å². The van der Waals surface area contributed by atoms with Crippen molar-refractivity contribution in [3.8, 4) is 0 Å². The molecular formula is C21H20ClNO6. The van der Waals surface area contributed by atoms with Gasteiger partial charge in [-0.25, -0.2) is 9.59 Å². The van der Waals surface area contributed by atoms with Gasteiger partial charge in [0, 0.05) is 24.2 Å². The van der Waals surface area contributed by atoms with Crippen LogP contribution in [0.5, 0.6) is 0 Å². The highest BCUT2D eigenvalue weighted by Gasteiger charge is 2.21. The minimum atomic E-state index is -0.545. The van der Waals surface area contributed by atoms with E-state index in [1.165, 1.54) is 38.5 Å². The van der Waals surface area contributed by atoms with Crippen LogP contribution >= 0.6 is 11.6 Å². The van der Waals surface area contributed by atoms with Crippen LogP contribution in [0.3, 0.4) is 0 Å². The molecule has 1 saturated heterocycles. The van der Waals surface area contributed by atoms with E-state index >= 15 is 0 Å². The maximum Gasteiger partial charge on any atom is 0.337 e. The van der Waals surface area contributed by atoms with E-state index in [0.717, 1.165) is 19.5 Å². The number of nitrogens with zero attached hydrogens (tertiary/aromatic N) is 1. The van der Waals surface area contributed by atoms with Gasteiger partial charge in [-0.15, -0.1) is 0 Å². The summed E-state index contributed by atoms with van der Waals surface area (Å²) in [5, 5.41) is -0.545. The van der Waals surface area contributed by atoms with Gasteiger partial charge in [0.15, 0.2) is 0 Å². The number of methoxy groups -OCH3 is 2. The second-order valence-electron chi connectivity index (χ2n) is 6.06. The smallest absolute Gasteiger partial charge is 0.337 e. The van der Waals surface area contributed by atoms with Crippen molar-refractivity contribution in [2.24, 2.45) is 0 Å². The van der Waals surface area contributed by atoms with Crippen molar-refractivity contribution in [3.63, 3.8) is 0 Å². The fraction of sp³-hybridized carbons (Fsp3) is 0.238. The molecule has 0 bridgehead atoms. The average Bonchev–Trinajstić information content (AvgIpc) is 2.72. The molecule has 0 spiro atoms. The first-order chi connectivity index (χ1) is 13.9. The number of likely N-dealkylation sites (tertiary alicyclic amines) is 1. The number of hydrogen-bond donors (Lipinski definition) is 0. The Balaban J connectivity index is 0.000000212. The molecule has 152 valence electrons. The van der Waals surface area contributed by atoms with Crippen LogP contribution in [0.2, 0.25) is 0 Å². The van der Waals surface area contributed by atoms with Crippen LogP contribution in [0.15, 0.2) is 48.5 Å². The summed E-state index contributed by atoms with van der Waals surface area (Å²) >= 11 is 5.21. The lowest BCUT2D eigenvalue weighted by Gasteiger charge is -2.30. The number of carbonyl (C=O) groups excluding carboxylic acids is 4. The Morgan fingerprint density at radius 3 is 1.41 bits per heavy atom. The van der Waals surface area contributed by atoms with E-state index in [0.29, 0.717) is 22.3 Å². The standard InChI is InChI=1S/C12H13NO3.C9H7ClO3/c1-16-12(15)10-5-3-9(4-6-10)11(14)13-7-2-8-13;1-13-9(12)7-4-2-6(3-5-7)8(10)11/h3-6H,2,7-8H2,1H3;2-5H,1H3. The Hall–Kier alpha value is -3.19. The van der Waals surface area contributed by atoms with Crippen LogP contribution in [0.4, 0.5) is 0 Å². The Morgan fingerprint density at radius 2 is 1.10 bits per heavy atom. The van der Waals surface area contributed by atoms with Crippen molar-refractivity contribution in [3.05, 3.63) is 70.8 Å². The molecule has 1 aliphatic rings. The number of benzene rings is 2. The van der Waals surface area contributed by atoms with E-state index in [4.69, 9.17) is 11.6 Å². The molecule has 1 aliphatic heterocycles. The summed E-state index contributed by atoms with van der Waals surface area (Å²) in [6.07, 6.45) is 1.08. The Kier molecular flexibility index (Phi) is 7.91. The SMILES string of the molecule is COC(=O)c1ccc(C(=O)Cl)cc1.COC(=O)c1ccc(C(=O)N2CCC2)cc1. The molecule has 0 atom stereocenters. The van der Waals surface area contributed by atoms with Crippen molar-refractivity contribution >= 4 is 34.7 Å². The van der Waals surface area contributed by atoms with E-state index in [1.807, 2.05) is 0 Å². The van der Waals surface area contributed by atoms with Crippen LogP contribution in [0.25, 0.3) is 0 Å². The molecule has 1 fully saturated rings. The van der Waals surface area contributed by atoms with Gasteiger partial charge < -0.3 is 14.4 Å². The predicted octanol–water partition coefficient (Wildman–Crippen LogP) is 3.17. The molecular weight excluding hydrogens is 398 g/mol. The lowest BCUT2D eigenvalue weighted by Crippen LogP contribution is -2.41. The van der Waals surface area contributed by atoms with Gasteiger partial charge in [-0.2, -0.15) is 0 Å². The number of hydrogen-bond acceptors (Lipinski definition) is 6. The third-order valence-electron chi connectivity index (χ3n) is 4.23. The number of carbonyl (C=O) groups is 4. The number of esters is 2. The fourth-order valence-corrected chi connectivity index (χ4v) is 2.55.